The van der Waals surface area contributed by atoms with Crippen molar-refractivity contribution in [1.29, 1.82) is 0 Å². The average Bonchev–Trinajstić information content (AvgIpc) is 2.20. The first-order valence-electron chi connectivity index (χ1n) is 4.95. The van der Waals surface area contributed by atoms with E-state index in [9.17, 15) is 0 Å². The molecule has 0 unspecified atom stereocenters. The van der Waals surface area contributed by atoms with Gasteiger partial charge in [0.1, 0.15) is 0 Å². The Kier molecular flexibility index (Phi) is 3.57. The Morgan fingerprint density at radius 2 is 2.21 bits per heavy atom. The normalized spacial score (nSPS) is 11.5. The van der Waals surface area contributed by atoms with Gasteiger partial charge in [-0.3, -0.25) is 0 Å². The first kappa shape index (κ1) is 10.6. The van der Waals surface area contributed by atoms with Gasteiger partial charge in [-0.1, -0.05) is 13.0 Å². The minimum atomic E-state index is 0.691. The molecule has 0 radical (unpaired) electrons. The molecule has 2 nitrogen and oxygen atoms in total. The third-order valence-corrected chi connectivity index (χ3v) is 2.33. The zero-order valence-electron chi connectivity index (χ0n) is 9.09. The van der Waals surface area contributed by atoms with E-state index in [1.165, 1.54) is 11.1 Å². The highest BCUT2D eigenvalue weighted by molar-refractivity contribution is 5.51. The molecule has 3 N–H and O–H groups in total. The second-order valence-corrected chi connectivity index (χ2v) is 3.36. The van der Waals surface area contributed by atoms with Gasteiger partial charge in [-0.25, -0.2) is 0 Å². The van der Waals surface area contributed by atoms with E-state index in [-0.39, 0.29) is 0 Å². The largest absolute Gasteiger partial charge is 0.386 e. The van der Waals surface area contributed by atoms with Crippen LogP contribution in [0, 0.1) is 6.92 Å². The quantitative estimate of drug-likeness (QED) is 0.769. The third kappa shape index (κ3) is 2.52. The topological polar surface area (TPSA) is 38.0 Å². The monoisotopic (exact) mass is 190 g/mol. The minimum Gasteiger partial charge on any atom is -0.386 e. The summed E-state index contributed by atoms with van der Waals surface area (Å²) in [4.78, 5) is 0. The number of benzene rings is 1. The van der Waals surface area contributed by atoms with Crippen LogP contribution in [-0.4, -0.2) is 0 Å². The van der Waals surface area contributed by atoms with Crippen LogP contribution in [-0.2, 0) is 6.42 Å². The second-order valence-electron chi connectivity index (χ2n) is 3.36. The maximum atomic E-state index is 5.68. The van der Waals surface area contributed by atoms with Crippen molar-refractivity contribution >= 4 is 5.69 Å². The Morgan fingerprint density at radius 1 is 1.50 bits per heavy atom. The summed E-state index contributed by atoms with van der Waals surface area (Å²) >= 11 is 0. The molecule has 0 aliphatic heterocycles. The molecule has 14 heavy (non-hydrogen) atoms. The molecule has 1 aromatic rings. The molecule has 1 aromatic carbocycles. The fourth-order valence-electron chi connectivity index (χ4n) is 1.37. The summed E-state index contributed by atoms with van der Waals surface area (Å²) in [5.74, 6) is 0.691. The average molecular weight is 190 g/mol. The number of nitrogens with one attached hydrogen (secondary N) is 1. The van der Waals surface area contributed by atoms with Gasteiger partial charge in [0, 0.05) is 5.69 Å². The van der Waals surface area contributed by atoms with Crippen molar-refractivity contribution in [2.24, 2.45) is 5.73 Å². The zero-order chi connectivity index (χ0) is 10.6. The lowest BCUT2D eigenvalue weighted by molar-refractivity contribution is 1.11. The lowest BCUT2D eigenvalue weighted by Gasteiger charge is -2.09. The number of rotatable bonds is 3. The molecule has 2 heteroatoms. The van der Waals surface area contributed by atoms with Crippen molar-refractivity contribution in [3.63, 3.8) is 0 Å². The summed E-state index contributed by atoms with van der Waals surface area (Å²) in [6.07, 6.45) is 2.91. The van der Waals surface area contributed by atoms with E-state index in [1.807, 2.05) is 19.1 Å². The summed E-state index contributed by atoms with van der Waals surface area (Å²) in [6, 6.07) is 6.31. The zero-order valence-corrected chi connectivity index (χ0v) is 9.09. The molecule has 1 rings (SSSR count). The number of hydrogen-bond acceptors (Lipinski definition) is 2. The molecular formula is C12H18N2. The molecule has 0 saturated carbocycles. The Bertz CT molecular complexity index is 340. The van der Waals surface area contributed by atoms with Crippen molar-refractivity contribution in [3.8, 4) is 0 Å². The smallest absolute Gasteiger partial charge is 0.0960 e. The van der Waals surface area contributed by atoms with Crippen LogP contribution < -0.4 is 11.1 Å². The number of allylic oxidation sites excluding steroid dienone is 1. The predicted octanol–water partition coefficient (Wildman–Crippen LogP) is 2.79. The van der Waals surface area contributed by atoms with Crippen molar-refractivity contribution in [3.05, 3.63) is 41.2 Å². The summed E-state index contributed by atoms with van der Waals surface area (Å²) in [6.45, 7) is 6.20. The van der Waals surface area contributed by atoms with Crippen LogP contribution in [0.5, 0.6) is 0 Å². The Labute approximate surface area is 85.8 Å². The van der Waals surface area contributed by atoms with E-state index in [2.05, 4.69) is 31.3 Å². The van der Waals surface area contributed by atoms with Gasteiger partial charge in [0.15, 0.2) is 0 Å². The van der Waals surface area contributed by atoms with Crippen LogP contribution in [0.1, 0.15) is 25.0 Å². The van der Waals surface area contributed by atoms with E-state index in [0.29, 0.717) is 5.82 Å². The first-order chi connectivity index (χ1) is 6.67. The molecule has 0 saturated heterocycles. The Balaban J connectivity index is 2.90. The number of anilines is 1. The van der Waals surface area contributed by atoms with Crippen LogP contribution in [0.25, 0.3) is 0 Å². The van der Waals surface area contributed by atoms with E-state index < -0.39 is 0 Å². The van der Waals surface area contributed by atoms with Gasteiger partial charge in [-0.15, -0.1) is 0 Å². The van der Waals surface area contributed by atoms with E-state index in [1.54, 1.807) is 0 Å². The molecule has 0 heterocycles. The summed E-state index contributed by atoms with van der Waals surface area (Å²) in [5, 5.41) is 3.13. The molecule has 0 fully saturated rings. The van der Waals surface area contributed by atoms with Crippen molar-refractivity contribution in [1.82, 2.24) is 0 Å². The minimum absolute atomic E-state index is 0.691. The van der Waals surface area contributed by atoms with Crippen molar-refractivity contribution in [2.45, 2.75) is 27.2 Å². The van der Waals surface area contributed by atoms with Crippen LogP contribution in [0.2, 0.25) is 0 Å². The van der Waals surface area contributed by atoms with Gasteiger partial charge in [-0.05, 0) is 49.6 Å². The van der Waals surface area contributed by atoms with Crippen LogP contribution in [0.3, 0.4) is 0 Å². The summed E-state index contributed by atoms with van der Waals surface area (Å²) in [5.41, 5.74) is 9.43. The highest BCUT2D eigenvalue weighted by Gasteiger charge is 1.98. The number of nitrogens with two attached hydrogens (primary N) is 1. The second kappa shape index (κ2) is 4.70. The highest BCUT2D eigenvalue weighted by atomic mass is 15.0. The lowest BCUT2D eigenvalue weighted by Crippen LogP contribution is -2.08. The molecule has 0 spiro atoms. The first-order valence-corrected chi connectivity index (χ1v) is 4.95. The Hall–Kier alpha value is -1.44. The molecule has 0 amide bonds. The SMILES string of the molecule is C/C=C(\N)Nc1ccc(C)c(CC)c1. The maximum Gasteiger partial charge on any atom is 0.0960 e. The maximum absolute atomic E-state index is 5.68. The van der Waals surface area contributed by atoms with E-state index in [4.69, 9.17) is 5.73 Å². The molecule has 0 aromatic heterocycles. The van der Waals surface area contributed by atoms with Crippen LogP contribution in [0.4, 0.5) is 5.69 Å². The van der Waals surface area contributed by atoms with Crippen LogP contribution in [0.15, 0.2) is 30.1 Å². The molecule has 76 valence electrons. The highest BCUT2D eigenvalue weighted by Crippen LogP contribution is 2.16. The molecule has 0 aliphatic rings. The van der Waals surface area contributed by atoms with Gasteiger partial charge in [0.25, 0.3) is 0 Å². The standard InChI is InChI=1S/C12H18N2/c1-4-10-8-11(7-6-9(10)3)14-12(13)5-2/h5-8,14H,4,13H2,1-3H3/b12-5+. The third-order valence-electron chi connectivity index (χ3n) is 2.33. The predicted molar refractivity (Wildman–Crippen MR) is 62.1 cm³/mol. The summed E-state index contributed by atoms with van der Waals surface area (Å²) in [7, 11) is 0. The van der Waals surface area contributed by atoms with Gasteiger partial charge in [0.05, 0.1) is 5.82 Å². The van der Waals surface area contributed by atoms with Gasteiger partial charge in [0.2, 0.25) is 0 Å². The van der Waals surface area contributed by atoms with Crippen LogP contribution >= 0.6 is 0 Å². The van der Waals surface area contributed by atoms with Gasteiger partial charge in [-0.2, -0.15) is 0 Å². The number of aryl methyl sites for hydroxylation is 2. The van der Waals surface area contributed by atoms with Crippen molar-refractivity contribution < 1.29 is 0 Å². The molecule has 0 bridgehead atoms. The van der Waals surface area contributed by atoms with E-state index >= 15 is 0 Å². The lowest BCUT2D eigenvalue weighted by atomic mass is 10.1. The summed E-state index contributed by atoms with van der Waals surface area (Å²) < 4.78 is 0. The fourth-order valence-corrected chi connectivity index (χ4v) is 1.37. The van der Waals surface area contributed by atoms with Gasteiger partial charge < -0.3 is 11.1 Å². The number of hydrogen-bond donors (Lipinski definition) is 2. The Morgan fingerprint density at radius 3 is 2.79 bits per heavy atom. The van der Waals surface area contributed by atoms with Gasteiger partial charge >= 0.3 is 0 Å². The van der Waals surface area contributed by atoms with Crippen molar-refractivity contribution in [2.75, 3.05) is 5.32 Å². The fraction of sp³-hybridized carbons (Fsp3) is 0.333. The molecular weight excluding hydrogens is 172 g/mol. The van der Waals surface area contributed by atoms with E-state index in [0.717, 1.165) is 12.1 Å². The molecule has 0 aliphatic carbocycles. The molecule has 0 atom stereocenters.